The highest BCUT2D eigenvalue weighted by atomic mass is 16.6. The van der Waals surface area contributed by atoms with Crippen LogP contribution in [-0.2, 0) is 16.1 Å². The first-order valence-corrected chi connectivity index (χ1v) is 8.95. The molecular weight excluding hydrogens is 374 g/mol. The average molecular weight is 395 g/mol. The number of aryl methyl sites for hydroxylation is 1. The lowest BCUT2D eigenvalue weighted by Gasteiger charge is -2.11. The van der Waals surface area contributed by atoms with Gasteiger partial charge >= 0.3 is 5.97 Å². The largest absolute Gasteiger partial charge is 0.493 e. The summed E-state index contributed by atoms with van der Waals surface area (Å²) in [5, 5.41) is 0. The molecule has 0 amide bonds. The Balaban J connectivity index is 1.53. The molecular formula is C22H21NO6. The molecule has 0 aliphatic carbocycles. The van der Waals surface area contributed by atoms with E-state index in [1.54, 1.807) is 18.2 Å². The number of ketones is 1. The van der Waals surface area contributed by atoms with Crippen LogP contribution in [0.2, 0.25) is 0 Å². The van der Waals surface area contributed by atoms with Crippen LogP contribution in [0.25, 0.3) is 11.5 Å². The molecule has 0 bridgehead atoms. The summed E-state index contributed by atoms with van der Waals surface area (Å²) in [6.07, 6.45) is 1.45. The molecule has 0 saturated heterocycles. The van der Waals surface area contributed by atoms with Crippen molar-refractivity contribution >= 4 is 11.8 Å². The molecule has 29 heavy (non-hydrogen) atoms. The smallest absolute Gasteiger partial charge is 0.344 e. The normalized spacial score (nSPS) is 10.4. The Labute approximate surface area is 168 Å². The number of methoxy groups -OCH3 is 1. The summed E-state index contributed by atoms with van der Waals surface area (Å²) in [6.45, 7) is 3.12. The number of nitrogens with zero attached hydrogens (tertiary/aromatic N) is 1. The van der Waals surface area contributed by atoms with Crippen molar-refractivity contribution < 1.29 is 28.2 Å². The van der Waals surface area contributed by atoms with Gasteiger partial charge in [-0.1, -0.05) is 17.7 Å². The lowest BCUT2D eigenvalue weighted by atomic mass is 10.1. The Kier molecular flexibility index (Phi) is 6.29. The molecule has 0 spiro atoms. The predicted octanol–water partition coefficient (Wildman–Crippen LogP) is 3.98. The summed E-state index contributed by atoms with van der Waals surface area (Å²) in [6, 6.07) is 12.5. The standard InChI is InChI=1S/C22H21NO6/c1-14-4-6-16(7-5-14)22-23-18(12-29-22)11-28-21(25)13-27-19-9-8-17(15(2)24)10-20(19)26-3/h4-10,12H,11,13H2,1-3H3. The third kappa shape index (κ3) is 5.22. The molecule has 0 saturated carbocycles. The quantitative estimate of drug-likeness (QED) is 0.421. The first-order chi connectivity index (χ1) is 14.0. The average Bonchev–Trinajstić information content (AvgIpc) is 3.20. The van der Waals surface area contributed by atoms with Crippen molar-refractivity contribution in [2.24, 2.45) is 0 Å². The van der Waals surface area contributed by atoms with Crippen LogP contribution in [0.15, 0.2) is 53.1 Å². The molecule has 1 heterocycles. The van der Waals surface area contributed by atoms with Crippen LogP contribution < -0.4 is 9.47 Å². The Morgan fingerprint density at radius 3 is 2.52 bits per heavy atom. The van der Waals surface area contributed by atoms with Gasteiger partial charge in [-0.05, 0) is 44.2 Å². The molecule has 3 rings (SSSR count). The maximum Gasteiger partial charge on any atom is 0.344 e. The van der Waals surface area contributed by atoms with E-state index in [0.717, 1.165) is 11.1 Å². The van der Waals surface area contributed by atoms with Gasteiger partial charge < -0.3 is 18.6 Å². The van der Waals surface area contributed by atoms with E-state index in [-0.39, 0.29) is 19.0 Å². The third-order valence-electron chi connectivity index (χ3n) is 4.15. The van der Waals surface area contributed by atoms with E-state index >= 15 is 0 Å². The van der Waals surface area contributed by atoms with Crippen LogP contribution >= 0.6 is 0 Å². The van der Waals surface area contributed by atoms with Crippen molar-refractivity contribution in [3.8, 4) is 23.0 Å². The first kappa shape index (κ1) is 20.1. The highest BCUT2D eigenvalue weighted by Gasteiger charge is 2.13. The van der Waals surface area contributed by atoms with Gasteiger partial charge in [-0.3, -0.25) is 4.79 Å². The van der Waals surface area contributed by atoms with Crippen LogP contribution in [0.3, 0.4) is 0 Å². The molecule has 0 atom stereocenters. The van der Waals surface area contributed by atoms with E-state index in [2.05, 4.69) is 4.98 Å². The number of hydrogen-bond donors (Lipinski definition) is 0. The van der Waals surface area contributed by atoms with E-state index in [0.29, 0.717) is 28.6 Å². The minimum Gasteiger partial charge on any atom is -0.493 e. The fraction of sp³-hybridized carbons (Fsp3) is 0.227. The van der Waals surface area contributed by atoms with Gasteiger partial charge in [-0.15, -0.1) is 0 Å². The molecule has 0 aliphatic rings. The number of Topliss-reactive ketones (excluding diaryl/α,β-unsaturated/α-hetero) is 1. The van der Waals surface area contributed by atoms with Crippen molar-refractivity contribution in [2.75, 3.05) is 13.7 Å². The van der Waals surface area contributed by atoms with Gasteiger partial charge in [0.05, 0.1) is 7.11 Å². The van der Waals surface area contributed by atoms with Gasteiger partial charge in [0.1, 0.15) is 18.6 Å². The number of hydrogen-bond acceptors (Lipinski definition) is 7. The number of ether oxygens (including phenoxy) is 3. The van der Waals surface area contributed by atoms with E-state index < -0.39 is 5.97 Å². The number of rotatable bonds is 8. The Hall–Kier alpha value is -3.61. The SMILES string of the molecule is COc1cc(C(C)=O)ccc1OCC(=O)OCc1coc(-c2ccc(C)cc2)n1. The van der Waals surface area contributed by atoms with Crippen molar-refractivity contribution in [1.29, 1.82) is 0 Å². The van der Waals surface area contributed by atoms with Gasteiger partial charge in [0.15, 0.2) is 23.9 Å². The number of benzene rings is 2. The molecule has 1 aromatic heterocycles. The highest BCUT2D eigenvalue weighted by Crippen LogP contribution is 2.28. The summed E-state index contributed by atoms with van der Waals surface area (Å²) in [5.74, 6) is 0.513. The third-order valence-corrected chi connectivity index (χ3v) is 4.15. The highest BCUT2D eigenvalue weighted by molar-refractivity contribution is 5.94. The second-order valence-corrected chi connectivity index (χ2v) is 6.38. The Morgan fingerprint density at radius 1 is 1.07 bits per heavy atom. The monoisotopic (exact) mass is 395 g/mol. The van der Waals surface area contributed by atoms with Crippen LogP contribution in [0.5, 0.6) is 11.5 Å². The molecule has 7 nitrogen and oxygen atoms in total. The number of aromatic nitrogens is 1. The van der Waals surface area contributed by atoms with E-state index in [9.17, 15) is 9.59 Å². The van der Waals surface area contributed by atoms with Gasteiger partial charge in [0.2, 0.25) is 5.89 Å². The fourth-order valence-electron chi connectivity index (χ4n) is 2.54. The van der Waals surface area contributed by atoms with Crippen molar-refractivity contribution in [3.63, 3.8) is 0 Å². The summed E-state index contributed by atoms with van der Waals surface area (Å²) >= 11 is 0. The summed E-state index contributed by atoms with van der Waals surface area (Å²) < 4.78 is 21.2. The molecule has 150 valence electrons. The molecule has 3 aromatic rings. The number of carbonyl (C=O) groups is 2. The Bertz CT molecular complexity index is 1010. The van der Waals surface area contributed by atoms with Gasteiger partial charge in [0.25, 0.3) is 0 Å². The molecule has 2 aromatic carbocycles. The van der Waals surface area contributed by atoms with Gasteiger partial charge in [-0.25, -0.2) is 9.78 Å². The van der Waals surface area contributed by atoms with Crippen molar-refractivity contribution in [1.82, 2.24) is 4.98 Å². The van der Waals surface area contributed by atoms with E-state index in [1.807, 2.05) is 31.2 Å². The minimum absolute atomic E-state index is 0.0298. The van der Waals surface area contributed by atoms with Crippen LogP contribution in [0.1, 0.15) is 28.5 Å². The summed E-state index contributed by atoms with van der Waals surface area (Å²) in [5.41, 5.74) is 2.98. The fourth-order valence-corrected chi connectivity index (χ4v) is 2.54. The topological polar surface area (TPSA) is 87.9 Å². The molecule has 0 unspecified atom stereocenters. The van der Waals surface area contributed by atoms with Crippen LogP contribution in [0.4, 0.5) is 0 Å². The van der Waals surface area contributed by atoms with Crippen molar-refractivity contribution in [2.45, 2.75) is 20.5 Å². The van der Waals surface area contributed by atoms with Crippen LogP contribution in [0, 0.1) is 6.92 Å². The number of oxazole rings is 1. The zero-order chi connectivity index (χ0) is 20.8. The molecule has 0 radical (unpaired) electrons. The van der Waals surface area contributed by atoms with Crippen molar-refractivity contribution in [3.05, 3.63) is 65.5 Å². The summed E-state index contributed by atoms with van der Waals surface area (Å²) in [7, 11) is 1.46. The maximum absolute atomic E-state index is 12.0. The molecule has 0 N–H and O–H groups in total. The van der Waals surface area contributed by atoms with E-state index in [1.165, 1.54) is 20.3 Å². The Morgan fingerprint density at radius 2 is 1.83 bits per heavy atom. The zero-order valence-electron chi connectivity index (χ0n) is 16.4. The second kappa shape index (κ2) is 9.05. The van der Waals surface area contributed by atoms with Gasteiger partial charge in [0, 0.05) is 11.1 Å². The summed E-state index contributed by atoms with van der Waals surface area (Å²) in [4.78, 5) is 27.7. The first-order valence-electron chi connectivity index (χ1n) is 8.95. The zero-order valence-corrected chi connectivity index (χ0v) is 16.4. The maximum atomic E-state index is 12.0. The molecule has 0 aliphatic heterocycles. The molecule has 7 heteroatoms. The second-order valence-electron chi connectivity index (χ2n) is 6.38. The predicted molar refractivity (Wildman–Crippen MR) is 105 cm³/mol. The lowest BCUT2D eigenvalue weighted by Crippen LogP contribution is -2.15. The number of esters is 1. The number of carbonyl (C=O) groups excluding carboxylic acids is 2. The lowest BCUT2D eigenvalue weighted by molar-refractivity contribution is -0.147. The van der Waals surface area contributed by atoms with Gasteiger partial charge in [-0.2, -0.15) is 0 Å². The minimum atomic E-state index is -0.567. The van der Waals surface area contributed by atoms with Crippen LogP contribution in [-0.4, -0.2) is 30.5 Å². The molecule has 0 fully saturated rings. The van der Waals surface area contributed by atoms with E-state index in [4.69, 9.17) is 18.6 Å².